The Morgan fingerprint density at radius 3 is 2.29 bits per heavy atom. The third kappa shape index (κ3) is 4.52. The van der Waals surface area contributed by atoms with E-state index < -0.39 is 15.5 Å². The van der Waals surface area contributed by atoms with Crippen molar-refractivity contribution in [3.63, 3.8) is 0 Å². The largest absolute Gasteiger partial charge is 0.379 e. The first-order valence-electron chi connectivity index (χ1n) is 8.18. The maximum Gasteiger partial charge on any atom is 0.339 e. The van der Waals surface area contributed by atoms with Gasteiger partial charge in [0.05, 0.1) is 0 Å². The van der Waals surface area contributed by atoms with Crippen LogP contribution < -0.4 is 9.50 Å². The van der Waals surface area contributed by atoms with E-state index in [1.807, 2.05) is 0 Å². The van der Waals surface area contributed by atoms with Gasteiger partial charge in [0.25, 0.3) is 0 Å². The van der Waals surface area contributed by atoms with Gasteiger partial charge in [0.1, 0.15) is 16.0 Å². The van der Waals surface area contributed by atoms with Gasteiger partial charge in [0, 0.05) is 13.8 Å². The molecule has 28 heavy (non-hydrogen) atoms. The van der Waals surface area contributed by atoms with Gasteiger partial charge in [-0.15, -0.1) is 5.10 Å². The van der Waals surface area contributed by atoms with Gasteiger partial charge in [-0.05, 0) is 29.8 Å². The minimum atomic E-state index is -3.93. The predicted molar refractivity (Wildman–Crippen MR) is 105 cm³/mol. The lowest BCUT2D eigenvalue weighted by Crippen LogP contribution is -2.25. The smallest absolute Gasteiger partial charge is 0.339 e. The average Bonchev–Trinajstić information content (AvgIpc) is 3.06. The Labute approximate surface area is 166 Å². The Morgan fingerprint density at radius 1 is 1.07 bits per heavy atom. The van der Waals surface area contributed by atoms with Crippen LogP contribution in [0.4, 0.5) is 0 Å². The molecule has 2 aromatic carbocycles. The molecule has 0 bridgehead atoms. The molecule has 1 atom stereocenters. The zero-order valence-electron chi connectivity index (χ0n) is 15.0. The summed E-state index contributed by atoms with van der Waals surface area (Å²) in [6.45, 7) is 2.73. The molecule has 10 heteroatoms. The van der Waals surface area contributed by atoms with Crippen molar-refractivity contribution in [3.8, 4) is 5.75 Å². The van der Waals surface area contributed by atoms with E-state index in [2.05, 4.69) is 10.4 Å². The zero-order valence-corrected chi connectivity index (χ0v) is 16.7. The summed E-state index contributed by atoms with van der Waals surface area (Å²) in [7, 11) is -3.93. The number of nitrogens with one attached hydrogen (secondary N) is 1. The number of hydrazone groups is 1. The van der Waals surface area contributed by atoms with Crippen LogP contribution >= 0.6 is 11.8 Å². The number of hydrogen-bond donors (Lipinski definition) is 1. The quantitative estimate of drug-likeness (QED) is 0.763. The summed E-state index contributed by atoms with van der Waals surface area (Å²) in [6, 6.07) is 14.1. The third-order valence-electron chi connectivity index (χ3n) is 3.65. The first-order chi connectivity index (χ1) is 13.3. The number of nitrogens with zero attached hydrogens (tertiary/aromatic N) is 2. The van der Waals surface area contributed by atoms with Crippen LogP contribution in [0.15, 0.2) is 64.6 Å². The van der Waals surface area contributed by atoms with E-state index in [0.29, 0.717) is 10.7 Å². The molecule has 2 amide bonds. The first-order valence-corrected chi connectivity index (χ1v) is 10.5. The number of benzene rings is 2. The monoisotopic (exact) mass is 419 g/mol. The van der Waals surface area contributed by atoms with Crippen LogP contribution in [0.5, 0.6) is 5.75 Å². The molecule has 2 aromatic rings. The van der Waals surface area contributed by atoms with Gasteiger partial charge in [-0.2, -0.15) is 8.42 Å². The highest BCUT2D eigenvalue weighted by Gasteiger charge is 2.32. The van der Waals surface area contributed by atoms with Gasteiger partial charge in [0.2, 0.25) is 11.8 Å². The number of amidine groups is 1. The normalized spacial score (nSPS) is 16.4. The van der Waals surface area contributed by atoms with Gasteiger partial charge in [-0.25, -0.2) is 5.01 Å². The van der Waals surface area contributed by atoms with Crippen molar-refractivity contribution < 1.29 is 22.2 Å². The summed E-state index contributed by atoms with van der Waals surface area (Å²) >= 11 is 1.21. The predicted octanol–water partition coefficient (Wildman–Crippen LogP) is 2.46. The molecule has 1 aliphatic rings. The van der Waals surface area contributed by atoms with Crippen LogP contribution in [0, 0.1) is 0 Å². The molecule has 1 N–H and O–H groups in total. The first kappa shape index (κ1) is 19.9. The van der Waals surface area contributed by atoms with Crippen LogP contribution in [0.2, 0.25) is 0 Å². The van der Waals surface area contributed by atoms with Crippen LogP contribution in [-0.4, -0.2) is 30.4 Å². The number of carbonyl (C=O) groups is 2. The highest BCUT2D eigenvalue weighted by Crippen LogP contribution is 2.39. The topological polar surface area (TPSA) is 105 Å². The summed E-state index contributed by atoms with van der Waals surface area (Å²) in [5.41, 5.74) is 0.703. The molecule has 1 aliphatic heterocycles. The summed E-state index contributed by atoms with van der Waals surface area (Å²) < 4.78 is 29.7. The molecule has 146 valence electrons. The fraction of sp³-hybridized carbons (Fsp3) is 0.167. The minimum Gasteiger partial charge on any atom is -0.379 e. The summed E-state index contributed by atoms with van der Waals surface area (Å²) in [5.74, 6) is -0.428. The van der Waals surface area contributed by atoms with Gasteiger partial charge in [-0.1, -0.05) is 42.1 Å². The lowest BCUT2D eigenvalue weighted by Gasteiger charge is -2.19. The molecule has 0 spiro atoms. The highest BCUT2D eigenvalue weighted by molar-refractivity contribution is 8.14. The maximum absolute atomic E-state index is 12.3. The van der Waals surface area contributed by atoms with Crippen molar-refractivity contribution in [2.24, 2.45) is 5.10 Å². The fourth-order valence-corrected chi connectivity index (χ4v) is 4.52. The van der Waals surface area contributed by atoms with E-state index in [1.54, 1.807) is 30.3 Å². The average molecular weight is 419 g/mol. The zero-order chi connectivity index (χ0) is 20.3. The van der Waals surface area contributed by atoms with E-state index in [0.717, 1.165) is 0 Å². The van der Waals surface area contributed by atoms with Gasteiger partial charge < -0.3 is 9.50 Å². The summed E-state index contributed by atoms with van der Waals surface area (Å²) in [5, 5.41) is 7.78. The van der Waals surface area contributed by atoms with Crippen LogP contribution in [0.25, 0.3) is 0 Å². The lowest BCUT2D eigenvalue weighted by molar-refractivity contribution is -0.129. The molecule has 0 unspecified atom stereocenters. The molecule has 0 aromatic heterocycles. The molecule has 0 radical (unpaired) electrons. The van der Waals surface area contributed by atoms with Gasteiger partial charge in [0.15, 0.2) is 5.17 Å². The van der Waals surface area contributed by atoms with Crippen molar-refractivity contribution in [1.82, 2.24) is 10.3 Å². The number of amides is 2. The summed E-state index contributed by atoms with van der Waals surface area (Å²) in [4.78, 5) is 23.2. The molecule has 0 fully saturated rings. The minimum absolute atomic E-state index is 0.0570. The third-order valence-corrected chi connectivity index (χ3v) is 6.02. The lowest BCUT2D eigenvalue weighted by atomic mass is 10.2. The second-order valence-electron chi connectivity index (χ2n) is 5.84. The standard InChI is InChI=1S/C18H17N3O5S2/c1-12(22)19-18-20-21(13(2)23)17(27-18)14-8-10-15(11-9-14)26-28(24,25)16-6-4-3-5-7-16/h3-11,17H,1-2H3,(H,19,20,22)/t17-/m0/s1. The van der Waals surface area contributed by atoms with E-state index in [9.17, 15) is 18.0 Å². The molecular formula is C18H17N3O5S2. The van der Waals surface area contributed by atoms with Crippen LogP contribution in [-0.2, 0) is 19.7 Å². The molecule has 0 aliphatic carbocycles. The molecule has 1 heterocycles. The van der Waals surface area contributed by atoms with Crippen molar-refractivity contribution >= 4 is 38.9 Å². The van der Waals surface area contributed by atoms with E-state index in [1.165, 1.54) is 54.9 Å². The number of thioether (sulfide) groups is 1. The number of carbonyl (C=O) groups excluding carboxylic acids is 2. The highest BCUT2D eigenvalue weighted by atomic mass is 32.2. The summed E-state index contributed by atoms with van der Waals surface area (Å²) in [6.07, 6.45) is 0. The molecule has 0 saturated carbocycles. The van der Waals surface area contributed by atoms with Crippen LogP contribution in [0.1, 0.15) is 24.8 Å². The van der Waals surface area contributed by atoms with E-state index in [4.69, 9.17) is 4.18 Å². The second-order valence-corrected chi connectivity index (χ2v) is 8.45. The van der Waals surface area contributed by atoms with Crippen molar-refractivity contribution in [2.45, 2.75) is 24.1 Å². The molecule has 0 saturated heterocycles. The van der Waals surface area contributed by atoms with Gasteiger partial charge in [-0.3, -0.25) is 9.59 Å². The van der Waals surface area contributed by atoms with Crippen molar-refractivity contribution in [2.75, 3.05) is 0 Å². The van der Waals surface area contributed by atoms with E-state index >= 15 is 0 Å². The molecular weight excluding hydrogens is 402 g/mol. The Hall–Kier alpha value is -2.85. The molecule has 8 nitrogen and oxygen atoms in total. The molecule has 3 rings (SSSR count). The van der Waals surface area contributed by atoms with Crippen LogP contribution in [0.3, 0.4) is 0 Å². The Kier molecular flexibility index (Phi) is 5.71. The van der Waals surface area contributed by atoms with E-state index in [-0.39, 0.29) is 22.5 Å². The Morgan fingerprint density at radius 2 is 1.71 bits per heavy atom. The van der Waals surface area contributed by atoms with Crippen molar-refractivity contribution in [3.05, 3.63) is 60.2 Å². The Balaban J connectivity index is 1.77. The van der Waals surface area contributed by atoms with Crippen molar-refractivity contribution in [1.29, 1.82) is 0 Å². The second kappa shape index (κ2) is 8.03. The number of hydrogen-bond acceptors (Lipinski definition) is 7. The van der Waals surface area contributed by atoms with Gasteiger partial charge >= 0.3 is 10.1 Å². The fourth-order valence-electron chi connectivity index (χ4n) is 2.43. The number of rotatable bonds is 4. The maximum atomic E-state index is 12.3. The SMILES string of the molecule is CC(=O)NC1=NN(C(C)=O)[C@H](c2ccc(OS(=O)(=O)c3ccccc3)cc2)S1. The Bertz CT molecular complexity index is 1020.